The molecule has 0 aromatic carbocycles. The van der Waals surface area contributed by atoms with Crippen LogP contribution >= 0.6 is 0 Å². The lowest BCUT2D eigenvalue weighted by Crippen LogP contribution is -2.12. The highest BCUT2D eigenvalue weighted by atomic mass is 16.5. The highest BCUT2D eigenvalue weighted by molar-refractivity contribution is 5.30. The molecule has 1 aromatic heterocycles. The van der Waals surface area contributed by atoms with Gasteiger partial charge in [0.15, 0.2) is 0 Å². The van der Waals surface area contributed by atoms with Crippen LogP contribution in [0.2, 0.25) is 0 Å². The van der Waals surface area contributed by atoms with E-state index in [2.05, 4.69) is 22.2 Å². The summed E-state index contributed by atoms with van der Waals surface area (Å²) < 4.78 is 10.8. The van der Waals surface area contributed by atoms with Crippen molar-refractivity contribution in [3.05, 3.63) is 11.8 Å². The molecule has 0 fully saturated rings. The normalized spacial score (nSPS) is 10.5. The van der Waals surface area contributed by atoms with Crippen LogP contribution in [0, 0.1) is 6.92 Å². The molecule has 0 radical (unpaired) electrons. The van der Waals surface area contributed by atoms with Crippen LogP contribution in [-0.2, 0) is 4.74 Å². The van der Waals surface area contributed by atoms with E-state index in [-0.39, 0.29) is 0 Å². The zero-order chi connectivity index (χ0) is 13.9. The minimum absolute atomic E-state index is 0.562. The molecule has 19 heavy (non-hydrogen) atoms. The van der Waals surface area contributed by atoms with Crippen LogP contribution in [0.1, 0.15) is 25.5 Å². The maximum absolute atomic E-state index is 5.51. The monoisotopic (exact) mass is 268 g/mol. The Bertz CT molecular complexity index is 360. The zero-order valence-corrected chi connectivity index (χ0v) is 11.8. The van der Waals surface area contributed by atoms with E-state index in [0.717, 1.165) is 25.1 Å². The highest BCUT2D eigenvalue weighted by Crippen LogP contribution is 2.12. The lowest BCUT2D eigenvalue weighted by Gasteiger charge is -2.09. The molecule has 0 aliphatic carbocycles. The average Bonchev–Trinajstić information content (AvgIpc) is 2.40. The van der Waals surface area contributed by atoms with Gasteiger partial charge in [-0.3, -0.25) is 0 Å². The van der Waals surface area contributed by atoms with Gasteiger partial charge in [0.05, 0.1) is 13.2 Å². The molecule has 3 N–H and O–H groups in total. The Kier molecular flexibility index (Phi) is 7.84. The van der Waals surface area contributed by atoms with Crippen LogP contribution in [-0.4, -0.2) is 42.9 Å². The summed E-state index contributed by atoms with van der Waals surface area (Å²) in [4.78, 5) is 8.61. The van der Waals surface area contributed by atoms with Crippen molar-refractivity contribution in [3.63, 3.8) is 0 Å². The number of nitrogens with zero attached hydrogens (tertiary/aromatic N) is 2. The van der Waals surface area contributed by atoms with Gasteiger partial charge in [0.1, 0.15) is 0 Å². The third kappa shape index (κ3) is 6.93. The van der Waals surface area contributed by atoms with Crippen molar-refractivity contribution in [3.8, 4) is 5.88 Å². The summed E-state index contributed by atoms with van der Waals surface area (Å²) in [6.45, 7) is 7.28. The summed E-state index contributed by atoms with van der Waals surface area (Å²) in [5.41, 5.74) is 6.22. The van der Waals surface area contributed by atoms with Crippen LogP contribution in [0.4, 0.5) is 5.95 Å². The molecule has 1 rings (SSSR count). The smallest absolute Gasteiger partial charge is 0.226 e. The summed E-state index contributed by atoms with van der Waals surface area (Å²) in [5.74, 6) is 1.22. The fourth-order valence-corrected chi connectivity index (χ4v) is 1.46. The fourth-order valence-electron chi connectivity index (χ4n) is 1.46. The lowest BCUT2D eigenvalue weighted by atomic mass is 10.4. The quantitative estimate of drug-likeness (QED) is 0.623. The number of hydrogen-bond acceptors (Lipinski definition) is 6. The van der Waals surface area contributed by atoms with E-state index in [1.165, 1.54) is 0 Å². The zero-order valence-electron chi connectivity index (χ0n) is 11.8. The molecule has 0 aliphatic rings. The molecule has 0 amide bonds. The molecule has 6 heteroatoms. The predicted molar refractivity (Wildman–Crippen MR) is 75.5 cm³/mol. The van der Waals surface area contributed by atoms with E-state index in [1.807, 2.05) is 13.0 Å². The van der Waals surface area contributed by atoms with Gasteiger partial charge in [-0.1, -0.05) is 6.92 Å². The van der Waals surface area contributed by atoms with E-state index in [0.29, 0.717) is 38.2 Å². The number of rotatable bonds is 10. The van der Waals surface area contributed by atoms with Crippen molar-refractivity contribution in [2.75, 3.05) is 38.2 Å². The molecule has 0 bridgehead atoms. The molecule has 1 aromatic rings. The van der Waals surface area contributed by atoms with Crippen LogP contribution in [0.5, 0.6) is 5.88 Å². The Morgan fingerprint density at radius 3 is 2.84 bits per heavy atom. The summed E-state index contributed by atoms with van der Waals surface area (Å²) >= 11 is 0. The average molecular weight is 268 g/mol. The predicted octanol–water partition coefficient (Wildman–Crippen LogP) is 1.35. The minimum Gasteiger partial charge on any atom is -0.478 e. The van der Waals surface area contributed by atoms with Crippen LogP contribution in [0.25, 0.3) is 0 Å². The van der Waals surface area contributed by atoms with E-state index < -0.39 is 0 Å². The largest absolute Gasteiger partial charge is 0.478 e. The first-order valence-electron chi connectivity index (χ1n) is 6.76. The number of nitrogens with two attached hydrogens (primary N) is 1. The number of nitrogens with one attached hydrogen (secondary N) is 1. The number of aromatic nitrogens is 2. The molecule has 0 atom stereocenters. The van der Waals surface area contributed by atoms with Gasteiger partial charge in [-0.15, -0.1) is 0 Å². The van der Waals surface area contributed by atoms with E-state index in [1.54, 1.807) is 0 Å². The first kappa shape index (κ1) is 15.7. The Hall–Kier alpha value is -1.40. The molecule has 0 spiro atoms. The summed E-state index contributed by atoms with van der Waals surface area (Å²) in [5, 5.41) is 3.17. The Morgan fingerprint density at radius 1 is 1.26 bits per heavy atom. The van der Waals surface area contributed by atoms with Crippen molar-refractivity contribution in [2.45, 2.75) is 26.7 Å². The number of ether oxygens (including phenoxy) is 2. The van der Waals surface area contributed by atoms with Gasteiger partial charge in [0.2, 0.25) is 11.8 Å². The van der Waals surface area contributed by atoms with E-state index in [9.17, 15) is 0 Å². The van der Waals surface area contributed by atoms with Gasteiger partial charge in [-0.2, -0.15) is 4.98 Å². The molecule has 0 aliphatic heterocycles. The minimum atomic E-state index is 0.562. The molecular weight excluding hydrogens is 244 g/mol. The van der Waals surface area contributed by atoms with Crippen LogP contribution in [0.3, 0.4) is 0 Å². The third-order valence-corrected chi connectivity index (χ3v) is 2.30. The second-order valence-electron chi connectivity index (χ2n) is 4.20. The molecular formula is C13H24N4O2. The fraction of sp³-hybridized carbons (Fsp3) is 0.692. The maximum Gasteiger partial charge on any atom is 0.226 e. The van der Waals surface area contributed by atoms with Gasteiger partial charge in [-0.25, -0.2) is 4.98 Å². The van der Waals surface area contributed by atoms with Gasteiger partial charge in [0.25, 0.3) is 0 Å². The molecule has 0 saturated carbocycles. The topological polar surface area (TPSA) is 82.3 Å². The van der Waals surface area contributed by atoms with Crippen LogP contribution < -0.4 is 15.8 Å². The maximum atomic E-state index is 5.51. The van der Waals surface area contributed by atoms with E-state index >= 15 is 0 Å². The van der Waals surface area contributed by atoms with Crippen LogP contribution in [0.15, 0.2) is 6.07 Å². The number of aryl methyl sites for hydroxylation is 1. The molecule has 0 unspecified atom stereocenters. The standard InChI is InChI=1S/C13H24N4O2/c1-3-7-19-12-10-11(2)16-13(17-12)15-6-4-8-18-9-5-14/h10H,3-9,14H2,1-2H3,(H,15,16,17). The Morgan fingerprint density at radius 2 is 2.11 bits per heavy atom. The molecule has 0 saturated heterocycles. The Balaban J connectivity index is 2.34. The molecule has 6 nitrogen and oxygen atoms in total. The third-order valence-electron chi connectivity index (χ3n) is 2.30. The lowest BCUT2D eigenvalue weighted by molar-refractivity contribution is 0.141. The van der Waals surface area contributed by atoms with Crippen molar-refractivity contribution >= 4 is 5.95 Å². The second-order valence-corrected chi connectivity index (χ2v) is 4.20. The summed E-state index contributed by atoms with van der Waals surface area (Å²) in [6, 6.07) is 1.84. The highest BCUT2D eigenvalue weighted by Gasteiger charge is 2.02. The second kappa shape index (κ2) is 9.52. The van der Waals surface area contributed by atoms with Crippen molar-refractivity contribution < 1.29 is 9.47 Å². The van der Waals surface area contributed by atoms with Crippen molar-refractivity contribution in [1.29, 1.82) is 0 Å². The van der Waals surface area contributed by atoms with Crippen molar-refractivity contribution in [2.24, 2.45) is 5.73 Å². The SMILES string of the molecule is CCCOc1cc(C)nc(NCCCOCCN)n1. The Labute approximate surface area is 114 Å². The van der Waals surface area contributed by atoms with Gasteiger partial charge in [0, 0.05) is 31.5 Å². The summed E-state index contributed by atoms with van der Waals surface area (Å²) in [6.07, 6.45) is 1.85. The van der Waals surface area contributed by atoms with Gasteiger partial charge < -0.3 is 20.5 Å². The van der Waals surface area contributed by atoms with E-state index in [4.69, 9.17) is 15.2 Å². The number of hydrogen-bond donors (Lipinski definition) is 2. The van der Waals surface area contributed by atoms with Gasteiger partial charge >= 0.3 is 0 Å². The van der Waals surface area contributed by atoms with Crippen molar-refractivity contribution in [1.82, 2.24) is 9.97 Å². The number of anilines is 1. The van der Waals surface area contributed by atoms with Gasteiger partial charge in [-0.05, 0) is 19.8 Å². The molecule has 108 valence electrons. The first-order chi connectivity index (χ1) is 9.26. The summed E-state index contributed by atoms with van der Waals surface area (Å²) in [7, 11) is 0. The molecule has 1 heterocycles. The first-order valence-corrected chi connectivity index (χ1v) is 6.76.